The lowest BCUT2D eigenvalue weighted by Gasteiger charge is -2.07. The van der Waals surface area contributed by atoms with E-state index in [1.165, 1.54) is 12.1 Å². The third kappa shape index (κ3) is 3.97. The van der Waals surface area contributed by atoms with Crippen LogP contribution in [0.5, 0.6) is 0 Å². The van der Waals surface area contributed by atoms with Crippen molar-refractivity contribution in [3.05, 3.63) is 36.9 Å². The molecule has 1 aromatic carbocycles. The van der Waals surface area contributed by atoms with Gasteiger partial charge in [0.25, 0.3) is 0 Å². The minimum absolute atomic E-state index is 0.123. The quantitative estimate of drug-likeness (QED) is 0.768. The molecule has 0 aromatic heterocycles. The van der Waals surface area contributed by atoms with Gasteiger partial charge in [0.15, 0.2) is 0 Å². The average molecular weight is 268 g/mol. The van der Waals surface area contributed by atoms with E-state index in [0.29, 0.717) is 18.7 Å². The Morgan fingerprint density at radius 3 is 2.78 bits per heavy atom. The van der Waals surface area contributed by atoms with Crippen LogP contribution in [-0.2, 0) is 14.8 Å². The molecule has 0 saturated heterocycles. The van der Waals surface area contributed by atoms with Crippen molar-refractivity contribution in [2.75, 3.05) is 11.9 Å². The number of carbonyl (C=O) groups excluding carboxylic acids is 1. The van der Waals surface area contributed by atoms with Gasteiger partial charge in [0.2, 0.25) is 15.9 Å². The molecule has 5 nitrogen and oxygen atoms in total. The summed E-state index contributed by atoms with van der Waals surface area (Å²) in [5.41, 5.74) is 0.416. The van der Waals surface area contributed by atoms with Crippen LogP contribution in [0.1, 0.15) is 13.3 Å². The Balaban J connectivity index is 2.94. The maximum atomic E-state index is 11.9. The Bertz CT molecular complexity index is 538. The first-order valence-corrected chi connectivity index (χ1v) is 7.01. The molecule has 98 valence electrons. The topological polar surface area (TPSA) is 75.3 Å². The van der Waals surface area contributed by atoms with Gasteiger partial charge in [0.05, 0.1) is 4.90 Å². The van der Waals surface area contributed by atoms with Gasteiger partial charge in [0, 0.05) is 12.2 Å². The van der Waals surface area contributed by atoms with Gasteiger partial charge in [0.1, 0.15) is 0 Å². The predicted octanol–water partition coefficient (Wildman–Crippen LogP) is 1.50. The van der Waals surface area contributed by atoms with E-state index in [2.05, 4.69) is 16.6 Å². The number of benzene rings is 1. The molecule has 2 N–H and O–H groups in total. The molecule has 18 heavy (non-hydrogen) atoms. The maximum Gasteiger partial charge on any atom is 0.247 e. The van der Waals surface area contributed by atoms with Crippen LogP contribution in [0.25, 0.3) is 0 Å². The van der Waals surface area contributed by atoms with Gasteiger partial charge in [-0.15, -0.1) is 0 Å². The highest BCUT2D eigenvalue weighted by molar-refractivity contribution is 7.89. The molecule has 0 radical (unpaired) electrons. The highest BCUT2D eigenvalue weighted by Gasteiger charge is 2.13. The monoisotopic (exact) mass is 268 g/mol. The second kappa shape index (κ2) is 6.32. The van der Waals surface area contributed by atoms with Gasteiger partial charge < -0.3 is 5.32 Å². The Kier molecular flexibility index (Phi) is 5.06. The third-order valence-electron chi connectivity index (χ3n) is 2.14. The summed E-state index contributed by atoms with van der Waals surface area (Å²) in [6.07, 6.45) is 1.84. The largest absolute Gasteiger partial charge is 0.322 e. The van der Waals surface area contributed by atoms with E-state index >= 15 is 0 Å². The highest BCUT2D eigenvalue weighted by atomic mass is 32.2. The number of amides is 1. The predicted molar refractivity (Wildman–Crippen MR) is 70.7 cm³/mol. The second-order valence-corrected chi connectivity index (χ2v) is 5.39. The fourth-order valence-electron chi connectivity index (χ4n) is 1.25. The van der Waals surface area contributed by atoms with Crippen LogP contribution in [0, 0.1) is 0 Å². The van der Waals surface area contributed by atoms with Crippen LogP contribution in [0.4, 0.5) is 5.69 Å². The smallest absolute Gasteiger partial charge is 0.247 e. The summed E-state index contributed by atoms with van der Waals surface area (Å²) in [5.74, 6) is -0.383. The summed E-state index contributed by atoms with van der Waals surface area (Å²) in [6, 6.07) is 6.06. The summed E-state index contributed by atoms with van der Waals surface area (Å²) in [5, 5.41) is 2.51. The van der Waals surface area contributed by atoms with Crippen molar-refractivity contribution < 1.29 is 13.2 Å². The fourth-order valence-corrected chi connectivity index (χ4v) is 2.43. The molecular weight excluding hydrogens is 252 g/mol. The zero-order valence-corrected chi connectivity index (χ0v) is 11.0. The summed E-state index contributed by atoms with van der Waals surface area (Å²) in [6.45, 7) is 5.58. The van der Waals surface area contributed by atoms with Crippen LogP contribution >= 0.6 is 0 Å². The van der Waals surface area contributed by atoms with Gasteiger partial charge in [-0.2, -0.15) is 0 Å². The molecule has 0 bridgehead atoms. The molecule has 0 fully saturated rings. The van der Waals surface area contributed by atoms with Crippen LogP contribution in [0.15, 0.2) is 41.8 Å². The minimum atomic E-state index is -3.51. The van der Waals surface area contributed by atoms with Crippen molar-refractivity contribution >= 4 is 21.6 Å². The molecule has 1 amide bonds. The standard InChI is InChI=1S/C12H16N2O3S/c1-3-8-13-18(16,17)11-7-5-6-10(9-11)14-12(15)4-2/h4-7,9,13H,2-3,8H2,1H3,(H,14,15). The molecule has 0 saturated carbocycles. The fraction of sp³-hybridized carbons (Fsp3) is 0.250. The Morgan fingerprint density at radius 1 is 1.44 bits per heavy atom. The van der Waals surface area contributed by atoms with E-state index in [0.717, 1.165) is 6.08 Å². The SMILES string of the molecule is C=CC(=O)Nc1cccc(S(=O)(=O)NCCC)c1. The highest BCUT2D eigenvalue weighted by Crippen LogP contribution is 2.15. The van der Waals surface area contributed by atoms with E-state index < -0.39 is 10.0 Å². The lowest BCUT2D eigenvalue weighted by molar-refractivity contribution is -0.111. The molecule has 0 aliphatic carbocycles. The third-order valence-corrected chi connectivity index (χ3v) is 3.60. The van der Waals surface area contributed by atoms with Crippen molar-refractivity contribution in [1.82, 2.24) is 4.72 Å². The number of nitrogens with one attached hydrogen (secondary N) is 2. The van der Waals surface area contributed by atoms with Gasteiger partial charge in [-0.05, 0) is 30.7 Å². The van der Waals surface area contributed by atoms with E-state index in [9.17, 15) is 13.2 Å². The Morgan fingerprint density at radius 2 is 2.17 bits per heavy atom. The van der Waals surface area contributed by atoms with E-state index in [4.69, 9.17) is 0 Å². The number of hydrogen-bond donors (Lipinski definition) is 2. The first-order chi connectivity index (χ1) is 8.49. The van der Waals surface area contributed by atoms with Crippen LogP contribution < -0.4 is 10.0 Å². The van der Waals surface area contributed by atoms with Crippen molar-refractivity contribution in [2.45, 2.75) is 18.2 Å². The molecule has 0 atom stereocenters. The molecule has 0 aliphatic heterocycles. The minimum Gasteiger partial charge on any atom is -0.322 e. The van der Waals surface area contributed by atoms with Gasteiger partial charge in [-0.3, -0.25) is 4.79 Å². The molecule has 0 unspecified atom stereocenters. The lowest BCUT2D eigenvalue weighted by Crippen LogP contribution is -2.24. The van der Waals surface area contributed by atoms with E-state index in [1.54, 1.807) is 12.1 Å². The second-order valence-electron chi connectivity index (χ2n) is 3.62. The van der Waals surface area contributed by atoms with Crippen molar-refractivity contribution in [3.8, 4) is 0 Å². The molecule has 0 spiro atoms. The number of carbonyl (C=O) groups is 1. The van der Waals surface area contributed by atoms with Crippen molar-refractivity contribution in [2.24, 2.45) is 0 Å². The molecule has 1 rings (SSSR count). The van der Waals surface area contributed by atoms with Gasteiger partial charge >= 0.3 is 0 Å². The molecule has 0 aliphatic rings. The summed E-state index contributed by atoms with van der Waals surface area (Å²) < 4.78 is 26.2. The molecular formula is C12H16N2O3S. The van der Waals surface area contributed by atoms with Crippen LogP contribution in [0.2, 0.25) is 0 Å². The molecule has 0 heterocycles. The number of sulfonamides is 1. The molecule has 1 aromatic rings. The Labute approximate surface area is 107 Å². The van der Waals surface area contributed by atoms with Gasteiger partial charge in [-0.25, -0.2) is 13.1 Å². The average Bonchev–Trinajstić information content (AvgIpc) is 2.36. The maximum absolute atomic E-state index is 11.9. The van der Waals surface area contributed by atoms with E-state index in [-0.39, 0.29) is 10.8 Å². The van der Waals surface area contributed by atoms with Crippen molar-refractivity contribution in [3.63, 3.8) is 0 Å². The first kappa shape index (κ1) is 14.4. The number of hydrogen-bond acceptors (Lipinski definition) is 3. The van der Waals surface area contributed by atoms with Crippen LogP contribution in [0.3, 0.4) is 0 Å². The zero-order chi connectivity index (χ0) is 13.6. The summed E-state index contributed by atoms with van der Waals surface area (Å²) in [4.78, 5) is 11.2. The first-order valence-electron chi connectivity index (χ1n) is 5.52. The summed E-state index contributed by atoms with van der Waals surface area (Å²) in [7, 11) is -3.51. The summed E-state index contributed by atoms with van der Waals surface area (Å²) >= 11 is 0. The normalized spacial score (nSPS) is 10.9. The number of rotatable bonds is 6. The number of anilines is 1. The molecule has 6 heteroatoms. The van der Waals surface area contributed by atoms with Crippen LogP contribution in [-0.4, -0.2) is 20.9 Å². The van der Waals surface area contributed by atoms with Gasteiger partial charge in [-0.1, -0.05) is 19.6 Å². The van der Waals surface area contributed by atoms with Crippen molar-refractivity contribution in [1.29, 1.82) is 0 Å². The lowest BCUT2D eigenvalue weighted by atomic mass is 10.3. The Hall–Kier alpha value is -1.66. The zero-order valence-electron chi connectivity index (χ0n) is 10.1. The van der Waals surface area contributed by atoms with E-state index in [1.807, 2.05) is 6.92 Å².